The van der Waals surface area contributed by atoms with Crippen LogP contribution in [0.2, 0.25) is 0 Å². The van der Waals surface area contributed by atoms with Gasteiger partial charge in [0.2, 0.25) is 0 Å². The third-order valence-corrected chi connectivity index (χ3v) is 4.38. The van der Waals surface area contributed by atoms with Crippen LogP contribution in [0.3, 0.4) is 0 Å². The minimum absolute atomic E-state index is 0.418. The molecular weight excluding hydrogens is 317 g/mol. The number of nitrogens with zero attached hydrogens (tertiary/aromatic N) is 1. The van der Waals surface area contributed by atoms with Crippen LogP contribution in [0.15, 0.2) is 34.8 Å². The molecule has 104 valence electrons. The van der Waals surface area contributed by atoms with E-state index >= 15 is 0 Å². The molecule has 5 heteroatoms. The van der Waals surface area contributed by atoms with Crippen molar-refractivity contribution in [2.45, 2.75) is 38.9 Å². The first-order valence-electron chi connectivity index (χ1n) is 6.48. The largest absolute Gasteiger partial charge is 0.496 e. The monoisotopic (exact) mass is 333 g/mol. The number of rotatable bonds is 2. The third-order valence-electron chi connectivity index (χ3n) is 3.89. The first kappa shape index (κ1) is 15.3. The fraction of sp³-hybridized carbons (Fsp3) is 0.400. The normalized spacial score (nSPS) is 20.8. The van der Waals surface area contributed by atoms with E-state index in [0.29, 0.717) is 0 Å². The second kappa shape index (κ2) is 5.36. The van der Waals surface area contributed by atoms with E-state index in [9.17, 15) is 0 Å². The van der Waals surface area contributed by atoms with E-state index in [-0.39, 0.29) is 0 Å². The van der Waals surface area contributed by atoms with E-state index in [4.69, 9.17) is 14.6 Å². The molecule has 0 aromatic heterocycles. The van der Waals surface area contributed by atoms with Crippen molar-refractivity contribution >= 4 is 28.5 Å². The molecule has 0 spiro atoms. The molecule has 0 bridgehead atoms. The number of nitriles is 1. The van der Waals surface area contributed by atoms with Gasteiger partial charge in [-0.3, -0.25) is 0 Å². The summed E-state index contributed by atoms with van der Waals surface area (Å²) in [6, 6.07) is 9.84. The van der Waals surface area contributed by atoms with Crippen LogP contribution in [-0.4, -0.2) is 18.3 Å². The highest BCUT2D eigenvalue weighted by atomic mass is 79.9. The minimum atomic E-state index is -0.533. The maximum Gasteiger partial charge on any atom is 0.496 e. The molecule has 1 aliphatic rings. The van der Waals surface area contributed by atoms with Gasteiger partial charge in [-0.05, 0) is 45.4 Å². The number of halogens is 1. The molecular formula is C15H17BBrNO2. The van der Waals surface area contributed by atoms with Crippen molar-refractivity contribution in [2.24, 2.45) is 0 Å². The molecule has 1 aliphatic heterocycles. The van der Waals surface area contributed by atoms with Crippen LogP contribution in [-0.2, 0) is 9.31 Å². The number of hydrogen-bond donors (Lipinski definition) is 0. The Labute approximate surface area is 128 Å². The fourth-order valence-corrected chi connectivity index (χ4v) is 2.39. The number of allylic oxidation sites excluding steroid dienone is 1. The summed E-state index contributed by atoms with van der Waals surface area (Å²) in [5.74, 6) is 0. The van der Waals surface area contributed by atoms with E-state index in [0.717, 1.165) is 15.5 Å². The zero-order valence-corrected chi connectivity index (χ0v) is 13.7. The summed E-state index contributed by atoms with van der Waals surface area (Å²) in [5, 5.41) is 9.04. The van der Waals surface area contributed by atoms with E-state index in [1.54, 1.807) is 0 Å². The lowest BCUT2D eigenvalue weighted by atomic mass is 9.74. The molecule has 1 saturated heterocycles. The molecule has 0 amide bonds. The molecule has 1 heterocycles. The molecule has 0 unspecified atom stereocenters. The van der Waals surface area contributed by atoms with Crippen LogP contribution in [0.1, 0.15) is 33.3 Å². The van der Waals surface area contributed by atoms with Gasteiger partial charge in [0.1, 0.15) is 0 Å². The van der Waals surface area contributed by atoms with Crippen molar-refractivity contribution in [3.63, 3.8) is 0 Å². The maximum absolute atomic E-state index is 9.04. The maximum atomic E-state index is 9.04. The van der Waals surface area contributed by atoms with Gasteiger partial charge in [0.05, 0.1) is 17.3 Å². The lowest BCUT2D eigenvalue weighted by Crippen LogP contribution is -2.41. The molecule has 1 aromatic rings. The van der Waals surface area contributed by atoms with Gasteiger partial charge in [0, 0.05) is 16.0 Å². The lowest BCUT2D eigenvalue weighted by molar-refractivity contribution is 0.00578. The first-order valence-corrected chi connectivity index (χ1v) is 7.27. The number of benzene rings is 1. The van der Waals surface area contributed by atoms with Gasteiger partial charge >= 0.3 is 7.12 Å². The predicted molar refractivity (Wildman–Crippen MR) is 83.8 cm³/mol. The molecule has 1 aromatic carbocycles. The Morgan fingerprint density at radius 2 is 1.85 bits per heavy atom. The van der Waals surface area contributed by atoms with E-state index in [1.165, 1.54) is 6.08 Å². The summed E-state index contributed by atoms with van der Waals surface area (Å²) in [7, 11) is -0.533. The summed E-state index contributed by atoms with van der Waals surface area (Å²) in [6.07, 6.45) is 1.49. The van der Waals surface area contributed by atoms with Crippen LogP contribution in [0.25, 0.3) is 5.47 Å². The fourth-order valence-electron chi connectivity index (χ4n) is 2.00. The van der Waals surface area contributed by atoms with Gasteiger partial charge in [-0.2, -0.15) is 5.26 Å². The second-order valence-corrected chi connectivity index (χ2v) is 6.74. The van der Waals surface area contributed by atoms with Gasteiger partial charge in [-0.15, -0.1) is 0 Å². The number of hydrogen-bond acceptors (Lipinski definition) is 3. The van der Waals surface area contributed by atoms with Crippen molar-refractivity contribution in [1.29, 1.82) is 5.26 Å². The second-order valence-electron chi connectivity index (χ2n) is 5.83. The highest BCUT2D eigenvalue weighted by Crippen LogP contribution is 2.40. The Morgan fingerprint density at radius 3 is 2.35 bits per heavy atom. The van der Waals surface area contributed by atoms with Crippen molar-refractivity contribution in [3.05, 3.63) is 40.4 Å². The zero-order valence-electron chi connectivity index (χ0n) is 12.1. The standard InChI is InChI=1S/C15H17BBrNO2/c1-14(2)15(3,4)20-16(19-14)13(8-9-18)11-6-5-7-12(17)10-11/h5-8,10H,1-4H3. The third kappa shape index (κ3) is 2.83. The Bertz CT molecular complexity index is 574. The molecule has 0 radical (unpaired) electrons. The lowest BCUT2D eigenvalue weighted by Gasteiger charge is -2.32. The van der Waals surface area contributed by atoms with Gasteiger partial charge < -0.3 is 9.31 Å². The molecule has 3 nitrogen and oxygen atoms in total. The molecule has 20 heavy (non-hydrogen) atoms. The van der Waals surface area contributed by atoms with E-state index < -0.39 is 18.3 Å². The highest BCUT2D eigenvalue weighted by molar-refractivity contribution is 9.10. The van der Waals surface area contributed by atoms with Gasteiger partial charge in [-0.25, -0.2) is 0 Å². The summed E-state index contributed by atoms with van der Waals surface area (Å²) in [6.45, 7) is 7.99. The summed E-state index contributed by atoms with van der Waals surface area (Å²) >= 11 is 3.44. The summed E-state index contributed by atoms with van der Waals surface area (Å²) in [4.78, 5) is 0. The molecule has 0 aliphatic carbocycles. The van der Waals surface area contributed by atoms with Crippen LogP contribution in [0.4, 0.5) is 0 Å². The Balaban J connectivity index is 2.39. The average Bonchev–Trinajstić information content (AvgIpc) is 2.55. The predicted octanol–water partition coefficient (Wildman–Crippen LogP) is 3.99. The first-order chi connectivity index (χ1) is 9.27. The average molecular weight is 334 g/mol. The Morgan fingerprint density at radius 1 is 1.25 bits per heavy atom. The molecule has 2 rings (SSSR count). The Hall–Kier alpha value is -1.09. The van der Waals surface area contributed by atoms with Crippen LogP contribution >= 0.6 is 15.9 Å². The molecule has 0 atom stereocenters. The minimum Gasteiger partial charge on any atom is -0.399 e. The summed E-state index contributed by atoms with van der Waals surface area (Å²) in [5.41, 5.74) is 0.822. The molecule has 0 N–H and O–H groups in total. The van der Waals surface area contributed by atoms with Crippen LogP contribution in [0, 0.1) is 11.3 Å². The zero-order chi connectivity index (χ0) is 15.0. The van der Waals surface area contributed by atoms with Gasteiger partial charge in [0.25, 0.3) is 0 Å². The van der Waals surface area contributed by atoms with Crippen molar-refractivity contribution in [1.82, 2.24) is 0 Å². The van der Waals surface area contributed by atoms with E-state index in [1.807, 2.05) is 52.0 Å². The van der Waals surface area contributed by atoms with Crippen LogP contribution in [0.5, 0.6) is 0 Å². The van der Waals surface area contributed by atoms with Crippen molar-refractivity contribution in [2.75, 3.05) is 0 Å². The highest BCUT2D eigenvalue weighted by Gasteiger charge is 2.52. The molecule has 1 fully saturated rings. The summed E-state index contributed by atoms with van der Waals surface area (Å²) < 4.78 is 13.0. The SMILES string of the molecule is CC1(C)OB(C(=CC#N)c2cccc(Br)c2)OC1(C)C. The Kier molecular flexibility index (Phi) is 4.10. The van der Waals surface area contributed by atoms with Gasteiger partial charge in [0.15, 0.2) is 0 Å². The van der Waals surface area contributed by atoms with Crippen LogP contribution < -0.4 is 0 Å². The van der Waals surface area contributed by atoms with E-state index in [2.05, 4.69) is 22.0 Å². The van der Waals surface area contributed by atoms with Crippen molar-refractivity contribution in [3.8, 4) is 6.07 Å². The quantitative estimate of drug-likeness (QED) is 0.607. The van der Waals surface area contributed by atoms with Crippen molar-refractivity contribution < 1.29 is 9.31 Å². The van der Waals surface area contributed by atoms with Gasteiger partial charge in [-0.1, -0.05) is 28.1 Å². The topological polar surface area (TPSA) is 42.2 Å². The smallest absolute Gasteiger partial charge is 0.399 e. The molecule has 0 saturated carbocycles.